The summed E-state index contributed by atoms with van der Waals surface area (Å²) in [5, 5.41) is 32.5. The van der Waals surface area contributed by atoms with Crippen molar-refractivity contribution in [2.45, 2.75) is 19.2 Å². The highest BCUT2D eigenvalue weighted by atomic mass is 35.5. The molecule has 0 saturated carbocycles. The SMILES string of the molecule is CC(CO)C(O)NC(c1scc2ccccc12)c1scc2ccccc12.Cl. The van der Waals surface area contributed by atoms with Gasteiger partial charge in [-0.1, -0.05) is 55.5 Å². The van der Waals surface area contributed by atoms with E-state index in [1.165, 1.54) is 31.3 Å². The Labute approximate surface area is 172 Å². The molecule has 4 rings (SSSR count). The molecule has 2 unspecified atom stereocenters. The zero-order chi connectivity index (χ0) is 18.1. The van der Waals surface area contributed by atoms with Crippen molar-refractivity contribution in [2.24, 2.45) is 5.92 Å². The van der Waals surface area contributed by atoms with E-state index in [9.17, 15) is 10.2 Å². The minimum Gasteiger partial charge on any atom is -0.396 e. The maximum absolute atomic E-state index is 10.6. The number of aliphatic hydroxyl groups is 2. The van der Waals surface area contributed by atoms with Gasteiger partial charge in [0.15, 0.2) is 0 Å². The molecule has 2 aromatic heterocycles. The molecule has 0 spiro atoms. The second-order valence-electron chi connectivity index (χ2n) is 6.58. The van der Waals surface area contributed by atoms with Crippen molar-refractivity contribution in [1.82, 2.24) is 5.32 Å². The summed E-state index contributed by atoms with van der Waals surface area (Å²) in [7, 11) is 0. The molecule has 0 bridgehead atoms. The van der Waals surface area contributed by atoms with Gasteiger partial charge in [0.2, 0.25) is 0 Å². The van der Waals surface area contributed by atoms with Gasteiger partial charge in [-0.25, -0.2) is 0 Å². The highest BCUT2D eigenvalue weighted by Crippen LogP contribution is 2.40. The van der Waals surface area contributed by atoms with E-state index in [2.05, 4.69) is 52.5 Å². The highest BCUT2D eigenvalue weighted by Gasteiger charge is 2.26. The minimum absolute atomic E-state index is 0. The van der Waals surface area contributed by atoms with Crippen LogP contribution in [0, 0.1) is 5.92 Å². The monoisotopic (exact) mass is 419 g/mol. The zero-order valence-electron chi connectivity index (χ0n) is 14.8. The van der Waals surface area contributed by atoms with Crippen LogP contribution in [0.25, 0.3) is 21.5 Å². The zero-order valence-corrected chi connectivity index (χ0v) is 17.3. The molecular formula is C21H22ClNO2S2. The first-order valence-corrected chi connectivity index (χ1v) is 10.4. The Balaban J connectivity index is 0.00000210. The summed E-state index contributed by atoms with van der Waals surface area (Å²) in [6, 6.07) is 16.6. The number of aliphatic hydroxyl groups excluding tert-OH is 2. The van der Waals surface area contributed by atoms with Gasteiger partial charge in [-0.05, 0) is 32.3 Å². The van der Waals surface area contributed by atoms with Crippen LogP contribution in [-0.4, -0.2) is 23.0 Å². The predicted octanol–water partition coefficient (Wildman–Crippen LogP) is 5.16. The Morgan fingerprint density at radius 3 is 1.85 bits per heavy atom. The molecule has 0 aliphatic carbocycles. The van der Waals surface area contributed by atoms with Crippen molar-refractivity contribution in [3.63, 3.8) is 0 Å². The fourth-order valence-corrected chi connectivity index (χ4v) is 5.44. The first kappa shape index (κ1) is 20.3. The number of rotatable bonds is 6. The van der Waals surface area contributed by atoms with Crippen LogP contribution in [0.15, 0.2) is 59.3 Å². The van der Waals surface area contributed by atoms with Crippen LogP contribution < -0.4 is 5.32 Å². The van der Waals surface area contributed by atoms with Crippen LogP contribution in [0.4, 0.5) is 0 Å². The molecule has 2 heterocycles. The molecule has 0 aliphatic heterocycles. The van der Waals surface area contributed by atoms with Crippen molar-refractivity contribution in [1.29, 1.82) is 0 Å². The number of halogens is 1. The normalized spacial score (nSPS) is 13.8. The van der Waals surface area contributed by atoms with Crippen molar-refractivity contribution in [3.8, 4) is 0 Å². The number of hydrogen-bond acceptors (Lipinski definition) is 5. The van der Waals surface area contributed by atoms with Gasteiger partial charge in [-0.15, -0.1) is 35.1 Å². The summed E-state index contributed by atoms with van der Waals surface area (Å²) in [5.74, 6) is -0.241. The van der Waals surface area contributed by atoms with Crippen LogP contribution in [0.2, 0.25) is 0 Å². The Kier molecular flexibility index (Phi) is 6.52. The smallest absolute Gasteiger partial charge is 0.110 e. The van der Waals surface area contributed by atoms with E-state index in [4.69, 9.17) is 0 Å². The number of hydrogen-bond donors (Lipinski definition) is 3. The molecule has 27 heavy (non-hydrogen) atoms. The second kappa shape index (κ2) is 8.69. The van der Waals surface area contributed by atoms with E-state index in [0.717, 1.165) is 0 Å². The van der Waals surface area contributed by atoms with Crippen molar-refractivity contribution in [2.75, 3.05) is 6.61 Å². The lowest BCUT2D eigenvalue weighted by molar-refractivity contribution is 0.0454. The van der Waals surface area contributed by atoms with E-state index >= 15 is 0 Å². The summed E-state index contributed by atoms with van der Waals surface area (Å²) >= 11 is 3.42. The summed E-state index contributed by atoms with van der Waals surface area (Å²) in [5.41, 5.74) is 0. The molecule has 2 aromatic carbocycles. The third kappa shape index (κ3) is 3.90. The van der Waals surface area contributed by atoms with Gasteiger partial charge >= 0.3 is 0 Å². The molecule has 0 fully saturated rings. The topological polar surface area (TPSA) is 52.5 Å². The molecule has 0 amide bonds. The summed E-state index contributed by atoms with van der Waals surface area (Å²) in [6.45, 7) is 1.78. The maximum atomic E-state index is 10.6. The van der Waals surface area contributed by atoms with Gasteiger partial charge in [0, 0.05) is 22.3 Å². The second-order valence-corrected chi connectivity index (χ2v) is 8.40. The molecule has 0 radical (unpaired) electrons. The predicted molar refractivity (Wildman–Crippen MR) is 118 cm³/mol. The maximum Gasteiger partial charge on any atom is 0.110 e. The van der Waals surface area contributed by atoms with Crippen LogP contribution in [-0.2, 0) is 0 Å². The standard InChI is InChI=1S/C21H21NO2S2.ClH/c1-13(10-23)21(24)22-18(19-16-8-4-2-6-14(16)11-25-19)20-17-9-5-3-7-15(17)12-26-20;/h2-9,11-13,18,21-24H,10H2,1H3;1H. The van der Waals surface area contributed by atoms with E-state index in [1.807, 2.05) is 19.1 Å². The lowest BCUT2D eigenvalue weighted by Crippen LogP contribution is -2.39. The van der Waals surface area contributed by atoms with Gasteiger partial charge in [0.25, 0.3) is 0 Å². The average molecular weight is 420 g/mol. The van der Waals surface area contributed by atoms with Crippen LogP contribution in [0.5, 0.6) is 0 Å². The van der Waals surface area contributed by atoms with Crippen molar-refractivity contribution in [3.05, 3.63) is 69.0 Å². The lowest BCUT2D eigenvalue weighted by Gasteiger charge is -2.25. The minimum atomic E-state index is -0.785. The molecule has 3 N–H and O–H groups in total. The Bertz CT molecular complexity index is 955. The number of thiophene rings is 2. The van der Waals surface area contributed by atoms with Gasteiger partial charge in [-0.3, -0.25) is 5.32 Å². The summed E-state index contributed by atoms with van der Waals surface area (Å²) < 4.78 is 0. The van der Waals surface area contributed by atoms with E-state index in [1.54, 1.807) is 22.7 Å². The van der Waals surface area contributed by atoms with Gasteiger partial charge in [0.05, 0.1) is 6.04 Å². The third-order valence-electron chi connectivity index (χ3n) is 4.77. The van der Waals surface area contributed by atoms with E-state index in [0.29, 0.717) is 0 Å². The molecule has 2 atom stereocenters. The Hall–Kier alpha value is -1.47. The van der Waals surface area contributed by atoms with Gasteiger partial charge < -0.3 is 10.2 Å². The van der Waals surface area contributed by atoms with Crippen molar-refractivity contribution < 1.29 is 10.2 Å². The van der Waals surface area contributed by atoms with Gasteiger partial charge in [0.1, 0.15) is 6.23 Å². The first-order valence-electron chi connectivity index (χ1n) is 8.66. The summed E-state index contributed by atoms with van der Waals surface area (Å²) in [4.78, 5) is 2.38. The Morgan fingerprint density at radius 2 is 1.37 bits per heavy atom. The number of fused-ring (bicyclic) bond motifs is 2. The molecule has 6 heteroatoms. The molecule has 142 valence electrons. The summed E-state index contributed by atoms with van der Waals surface area (Å²) in [6.07, 6.45) is -0.785. The fraction of sp³-hybridized carbons (Fsp3) is 0.238. The largest absolute Gasteiger partial charge is 0.396 e. The third-order valence-corrected chi connectivity index (χ3v) is 6.93. The molecular weight excluding hydrogens is 398 g/mol. The molecule has 0 aliphatic rings. The fourth-order valence-electron chi connectivity index (χ4n) is 3.18. The van der Waals surface area contributed by atoms with Gasteiger partial charge in [-0.2, -0.15) is 0 Å². The van der Waals surface area contributed by atoms with Crippen LogP contribution in [0.3, 0.4) is 0 Å². The lowest BCUT2D eigenvalue weighted by atomic mass is 10.0. The quantitative estimate of drug-likeness (QED) is 0.378. The van der Waals surface area contributed by atoms with Crippen LogP contribution >= 0.6 is 35.1 Å². The average Bonchev–Trinajstić information content (AvgIpc) is 3.30. The Morgan fingerprint density at radius 1 is 0.889 bits per heavy atom. The number of benzene rings is 2. The van der Waals surface area contributed by atoms with Crippen LogP contribution in [0.1, 0.15) is 22.7 Å². The molecule has 3 nitrogen and oxygen atoms in total. The van der Waals surface area contributed by atoms with E-state index in [-0.39, 0.29) is 31.0 Å². The molecule has 0 saturated heterocycles. The first-order chi connectivity index (χ1) is 12.7. The van der Waals surface area contributed by atoms with E-state index < -0.39 is 6.23 Å². The van der Waals surface area contributed by atoms with Crippen molar-refractivity contribution >= 4 is 56.6 Å². The molecule has 4 aromatic rings. The highest BCUT2D eigenvalue weighted by molar-refractivity contribution is 7.13. The number of nitrogens with one attached hydrogen (secondary N) is 1.